The number of aromatic nitrogens is 2. The summed E-state index contributed by atoms with van der Waals surface area (Å²) in [5.74, 6) is 0. The molecule has 17 rings (SSSR count). The molecule has 0 unspecified atom stereocenters. The van der Waals surface area contributed by atoms with Crippen LogP contribution in [0.25, 0.3) is 165 Å². The van der Waals surface area contributed by atoms with Gasteiger partial charge in [-0.3, -0.25) is 0 Å². The smallest absolute Gasteiger partial charge is 0.0634 e. The van der Waals surface area contributed by atoms with E-state index in [1.165, 1.54) is 187 Å². The topological polar surface area (TPSA) is 8.82 Å². The Kier molecular flexibility index (Phi) is 13.3. The molecule has 2 nitrogen and oxygen atoms in total. The molecule has 0 amide bonds. The molecule has 0 saturated heterocycles. The van der Waals surface area contributed by atoms with Crippen molar-refractivity contribution in [3.05, 3.63) is 289 Å². The summed E-state index contributed by atoms with van der Waals surface area (Å²) < 4.78 is 5.35. The van der Waals surface area contributed by atoms with Gasteiger partial charge in [-0.25, -0.2) is 0 Å². The maximum atomic E-state index is 2.68. The fourth-order valence-electron chi connectivity index (χ4n) is 15.9. The zero-order chi connectivity index (χ0) is 65.9. The second-order valence-electron chi connectivity index (χ2n) is 31.3. The summed E-state index contributed by atoms with van der Waals surface area (Å²) in [6.45, 7) is 27.9. The van der Waals surface area contributed by atoms with Gasteiger partial charge in [0.05, 0.1) is 33.1 Å². The number of fused-ring (bicyclic) bond motifs is 14. The van der Waals surface area contributed by atoms with E-state index in [9.17, 15) is 0 Å². The van der Waals surface area contributed by atoms with E-state index >= 15 is 0 Å². The first-order valence-corrected chi connectivity index (χ1v) is 34.4. The van der Waals surface area contributed by atoms with Gasteiger partial charge < -0.3 is 8.80 Å². The van der Waals surface area contributed by atoms with Gasteiger partial charge in [-0.05, 0) is 181 Å². The third-order valence-electron chi connectivity index (χ3n) is 21.0. The highest BCUT2D eigenvalue weighted by Gasteiger charge is 2.32. The minimum Gasteiger partial charge on any atom is -0.308 e. The molecular weight excluding hydrogens is 1160 g/mol. The molecule has 0 aliphatic rings. The van der Waals surface area contributed by atoms with E-state index in [0.717, 1.165) is 0 Å². The average molecular weight is 1240 g/mol. The van der Waals surface area contributed by atoms with Gasteiger partial charge in [-0.2, -0.15) is 0 Å². The van der Waals surface area contributed by atoms with Gasteiger partial charge in [-0.15, -0.1) is 0 Å². The van der Waals surface area contributed by atoms with Crippen molar-refractivity contribution >= 4 is 76.2 Å². The quantitative estimate of drug-likeness (QED) is 0.143. The van der Waals surface area contributed by atoms with Gasteiger partial charge in [0.25, 0.3) is 0 Å². The van der Waals surface area contributed by atoms with Crippen LogP contribution in [0.3, 0.4) is 0 Å². The molecule has 96 heavy (non-hydrogen) atoms. The molecule has 466 valence electrons. The van der Waals surface area contributed by atoms with Gasteiger partial charge >= 0.3 is 0 Å². The number of hydrogen-bond acceptors (Lipinski definition) is 0. The molecular formula is C94H80N2. The lowest BCUT2D eigenvalue weighted by Crippen LogP contribution is -2.10. The monoisotopic (exact) mass is 1240 g/mol. The Bertz CT molecular complexity index is 5400. The van der Waals surface area contributed by atoms with Crippen LogP contribution in [-0.4, -0.2) is 8.80 Å². The van der Waals surface area contributed by atoms with E-state index in [1.54, 1.807) is 0 Å². The zero-order valence-electron chi connectivity index (χ0n) is 57.3. The summed E-state index contributed by atoms with van der Waals surface area (Å²) in [7, 11) is 0. The lowest BCUT2D eigenvalue weighted by molar-refractivity contribution is 0.590. The number of rotatable bonds is 8. The Labute approximate surface area is 564 Å². The highest BCUT2D eigenvalue weighted by Crippen LogP contribution is 2.55. The van der Waals surface area contributed by atoms with Crippen molar-refractivity contribution in [2.75, 3.05) is 0 Å². The first-order chi connectivity index (χ1) is 46.2. The Morgan fingerprint density at radius 1 is 0.198 bits per heavy atom. The Morgan fingerprint density at radius 2 is 0.438 bits per heavy atom. The van der Waals surface area contributed by atoms with E-state index in [0.29, 0.717) is 0 Å². The van der Waals surface area contributed by atoms with E-state index < -0.39 is 0 Å². The molecule has 0 fully saturated rings. The molecule has 0 aliphatic carbocycles. The van der Waals surface area contributed by atoms with Gasteiger partial charge in [0.2, 0.25) is 0 Å². The summed E-state index contributed by atoms with van der Waals surface area (Å²) in [5.41, 5.74) is 31.9. The largest absolute Gasteiger partial charge is 0.308 e. The van der Waals surface area contributed by atoms with E-state index in [2.05, 4.69) is 359 Å². The number of nitrogens with zero attached hydrogens (tertiary/aromatic N) is 2. The predicted molar refractivity (Wildman–Crippen MR) is 414 cm³/mol. The summed E-state index contributed by atoms with van der Waals surface area (Å²) in [5, 5.41) is 10.3. The van der Waals surface area contributed by atoms with E-state index in [4.69, 9.17) is 0 Å². The molecule has 0 spiro atoms. The molecule has 4 heterocycles. The van der Waals surface area contributed by atoms with Crippen molar-refractivity contribution in [2.45, 2.75) is 105 Å². The molecule has 2 heteroatoms. The minimum atomic E-state index is -0.0879. The van der Waals surface area contributed by atoms with Crippen LogP contribution in [0.1, 0.15) is 105 Å². The SMILES string of the molecule is CC(C)(C)c1ccc(-c2cc(-c3ccccc3)c(-c3ccc4c5c6c7ccc(C(C)(C)C)cc7n7c8cc(-c9c(-c%10ccccc%10)cc(-c%10ccc(C(C)(C)C)cc%10)cc9-c9ccccc9)ccc8c(c8c9ccc(C(C)(C)C)cc9n(c4c3)c58)c67)c(-c3ccccc3)c2)cc1. The standard InChI is InChI=1S/C94H80N2/c1-91(2,3)67-39-33-57(34-40-67)65-49-75(59-25-17-13-18-26-59)83(76(50-65)60-27-19-14-20-28-60)63-37-45-71-79(53-63)95-81-55-69(93(7,8)9)43-47-73(81)88-86-72-46-38-64(54-80(72)96-82-56-70(94(10,11)12)44-48-74(82)87(90(86)96)85(71)89(88)95)84-77(61-29-21-15-22-30-61)51-66(52-78(84)62-31-23-16-24-32-62)58-35-41-68(42-36-58)92(4,5)6/h13-56H,1-12H3. The number of hydrogen-bond donors (Lipinski definition) is 0. The highest BCUT2D eigenvalue weighted by molar-refractivity contribution is 6.45. The van der Waals surface area contributed by atoms with Crippen LogP contribution < -0.4 is 0 Å². The molecule has 13 aromatic carbocycles. The normalized spacial score (nSPS) is 12.8. The van der Waals surface area contributed by atoms with Crippen molar-refractivity contribution in [3.8, 4) is 89.0 Å². The van der Waals surface area contributed by atoms with Crippen LogP contribution in [0, 0.1) is 0 Å². The first-order valence-electron chi connectivity index (χ1n) is 34.4. The molecule has 17 aromatic rings. The second-order valence-corrected chi connectivity index (χ2v) is 31.3. The fraction of sp³-hybridized carbons (Fsp3) is 0.170. The molecule has 0 N–H and O–H groups in total. The van der Waals surface area contributed by atoms with Crippen LogP contribution >= 0.6 is 0 Å². The summed E-state index contributed by atoms with van der Waals surface area (Å²) in [6.07, 6.45) is 0. The molecule has 4 aromatic heterocycles. The van der Waals surface area contributed by atoms with Gasteiger partial charge in [0.1, 0.15) is 0 Å². The minimum absolute atomic E-state index is 0.0488. The summed E-state index contributed by atoms with van der Waals surface area (Å²) in [4.78, 5) is 0. The predicted octanol–water partition coefficient (Wildman–Crippen LogP) is 26.5. The maximum Gasteiger partial charge on any atom is 0.0634 e. The second kappa shape index (κ2) is 21.5. The summed E-state index contributed by atoms with van der Waals surface area (Å²) >= 11 is 0. The average Bonchev–Trinajstić information content (AvgIpc) is 1.49. The molecule has 0 aliphatic heterocycles. The maximum absolute atomic E-state index is 2.68. The van der Waals surface area contributed by atoms with Crippen molar-refractivity contribution < 1.29 is 0 Å². The lowest BCUT2D eigenvalue weighted by atomic mass is 9.83. The van der Waals surface area contributed by atoms with E-state index in [1.807, 2.05) is 0 Å². The zero-order valence-corrected chi connectivity index (χ0v) is 57.3. The number of benzene rings is 13. The van der Waals surface area contributed by atoms with Crippen molar-refractivity contribution in [3.63, 3.8) is 0 Å². The van der Waals surface area contributed by atoms with Gasteiger partial charge in [-0.1, -0.05) is 301 Å². The lowest BCUT2D eigenvalue weighted by Gasteiger charge is -2.21. The molecule has 0 radical (unpaired) electrons. The first kappa shape index (κ1) is 59.2. The van der Waals surface area contributed by atoms with Crippen LogP contribution in [0.2, 0.25) is 0 Å². The molecule has 0 atom stereocenters. The van der Waals surface area contributed by atoms with Crippen LogP contribution in [0.5, 0.6) is 0 Å². The van der Waals surface area contributed by atoms with Crippen molar-refractivity contribution in [1.82, 2.24) is 8.80 Å². The van der Waals surface area contributed by atoms with Gasteiger partial charge in [0.15, 0.2) is 0 Å². The fourth-order valence-corrected chi connectivity index (χ4v) is 15.9. The third-order valence-corrected chi connectivity index (χ3v) is 21.0. The molecule has 0 saturated carbocycles. The Balaban J connectivity index is 0.984. The molecule has 0 bridgehead atoms. The third kappa shape index (κ3) is 9.42. The summed E-state index contributed by atoms with van der Waals surface area (Å²) in [6, 6.07) is 102. The van der Waals surface area contributed by atoms with Crippen LogP contribution in [0.15, 0.2) is 267 Å². The van der Waals surface area contributed by atoms with Crippen molar-refractivity contribution in [1.29, 1.82) is 0 Å². The van der Waals surface area contributed by atoms with E-state index in [-0.39, 0.29) is 21.7 Å². The van der Waals surface area contributed by atoms with Crippen LogP contribution in [0.4, 0.5) is 0 Å². The van der Waals surface area contributed by atoms with Gasteiger partial charge in [0, 0.05) is 43.1 Å². The highest BCUT2D eigenvalue weighted by atomic mass is 14.9. The van der Waals surface area contributed by atoms with Crippen molar-refractivity contribution in [2.24, 2.45) is 0 Å². The van der Waals surface area contributed by atoms with Crippen LogP contribution in [-0.2, 0) is 21.7 Å². The Morgan fingerprint density at radius 3 is 0.708 bits per heavy atom. The Hall–Kier alpha value is -10.5.